The van der Waals surface area contributed by atoms with E-state index in [0.29, 0.717) is 35.0 Å². The van der Waals surface area contributed by atoms with Gasteiger partial charge in [-0.25, -0.2) is 14.6 Å². The van der Waals surface area contributed by atoms with Gasteiger partial charge >= 0.3 is 6.18 Å². The fourth-order valence-corrected chi connectivity index (χ4v) is 5.68. The molecule has 0 spiro atoms. The third-order valence-corrected chi connectivity index (χ3v) is 7.88. The molecule has 0 aliphatic heterocycles. The van der Waals surface area contributed by atoms with E-state index in [0.717, 1.165) is 56.9 Å². The molecular weight excluding hydrogens is 547 g/mol. The molecule has 13 heteroatoms. The lowest BCUT2D eigenvalue weighted by Gasteiger charge is -2.13. The van der Waals surface area contributed by atoms with Crippen LogP contribution in [0.4, 0.5) is 13.2 Å². The number of pyridine rings is 1. The molecule has 1 N–H and O–H groups in total. The van der Waals surface area contributed by atoms with Crippen molar-refractivity contribution in [1.82, 2.24) is 43.9 Å². The van der Waals surface area contributed by atoms with Crippen molar-refractivity contribution in [2.75, 3.05) is 0 Å². The van der Waals surface area contributed by atoms with Gasteiger partial charge in [-0.15, -0.1) is 0 Å². The Labute approximate surface area is 238 Å². The van der Waals surface area contributed by atoms with Crippen LogP contribution in [0, 0.1) is 0 Å². The molecule has 1 aromatic carbocycles. The molecule has 10 nitrogen and oxygen atoms in total. The van der Waals surface area contributed by atoms with Crippen molar-refractivity contribution in [3.63, 3.8) is 0 Å². The number of halogens is 3. The van der Waals surface area contributed by atoms with E-state index in [1.807, 2.05) is 51.5 Å². The summed E-state index contributed by atoms with van der Waals surface area (Å²) in [5, 5.41) is 25.6. The fourth-order valence-electron chi connectivity index (χ4n) is 5.68. The summed E-state index contributed by atoms with van der Waals surface area (Å²) in [5.74, 6) is 1.07. The Kier molecular flexibility index (Phi) is 5.81. The van der Waals surface area contributed by atoms with Gasteiger partial charge in [-0.2, -0.15) is 28.5 Å². The molecule has 1 aliphatic carbocycles. The van der Waals surface area contributed by atoms with Crippen LogP contribution in [0.3, 0.4) is 0 Å². The Balaban J connectivity index is 1.41. The minimum atomic E-state index is -4.53. The van der Waals surface area contributed by atoms with Crippen LogP contribution in [0.25, 0.3) is 50.4 Å². The van der Waals surface area contributed by atoms with Crippen LogP contribution in [0.1, 0.15) is 55.3 Å². The summed E-state index contributed by atoms with van der Waals surface area (Å²) in [6, 6.07) is 8.61. The summed E-state index contributed by atoms with van der Waals surface area (Å²) in [4.78, 5) is 9.90. The number of aliphatic hydroxyl groups is 1. The van der Waals surface area contributed by atoms with Crippen molar-refractivity contribution < 1.29 is 18.3 Å². The molecular formula is C29H28F3N9O. The number of aliphatic hydroxyl groups excluding tert-OH is 1. The van der Waals surface area contributed by atoms with E-state index in [2.05, 4.69) is 19.9 Å². The molecule has 1 fully saturated rings. The smallest absolute Gasteiger partial charge is 0.387 e. The van der Waals surface area contributed by atoms with Crippen molar-refractivity contribution in [2.45, 2.75) is 44.4 Å². The highest BCUT2D eigenvalue weighted by Crippen LogP contribution is 2.47. The fraction of sp³-hybridized carbons (Fsp3) is 0.345. The molecule has 0 radical (unpaired) electrons. The maximum atomic E-state index is 13.4. The summed E-state index contributed by atoms with van der Waals surface area (Å²) >= 11 is 0. The monoisotopic (exact) mass is 575 g/mol. The molecule has 5 heterocycles. The molecule has 1 aliphatic rings. The molecule has 216 valence electrons. The van der Waals surface area contributed by atoms with Gasteiger partial charge in [0.05, 0.1) is 23.0 Å². The second kappa shape index (κ2) is 9.24. The minimum absolute atomic E-state index is 0.0742. The van der Waals surface area contributed by atoms with Crippen molar-refractivity contribution in [3.05, 3.63) is 59.8 Å². The number of rotatable bonds is 6. The molecule has 42 heavy (non-hydrogen) atoms. The lowest BCUT2D eigenvalue weighted by molar-refractivity contribution is -0.143. The van der Waals surface area contributed by atoms with Crippen LogP contribution < -0.4 is 0 Å². The zero-order valence-electron chi connectivity index (χ0n) is 23.4. The standard InChI is InChI=1S/C29H28F3N9O/c1-5-21(42)24-18(11-16-13-38(2)37-27(16)33-24)28-34-25(26(39(28)3)15-9-10-15)17-7-6-8-20-19(17)14-41(35-20)23-12-22(29(30,31)32)40(4)36-23/h6-8,11-15,21,42H,5,9-10H2,1-4H3/t21-/m0/s1. The third kappa shape index (κ3) is 4.18. The molecule has 6 aromatic rings. The van der Waals surface area contributed by atoms with Crippen LogP contribution in [0.2, 0.25) is 0 Å². The number of nitrogens with zero attached hydrogens (tertiary/aromatic N) is 9. The van der Waals surface area contributed by atoms with Gasteiger partial charge in [0.15, 0.2) is 11.5 Å². The number of alkyl halides is 3. The van der Waals surface area contributed by atoms with E-state index in [-0.39, 0.29) is 5.82 Å². The Morgan fingerprint density at radius 2 is 1.79 bits per heavy atom. The number of aromatic nitrogens is 9. The largest absolute Gasteiger partial charge is 0.433 e. The number of hydrogen-bond acceptors (Lipinski definition) is 6. The van der Waals surface area contributed by atoms with E-state index in [4.69, 9.17) is 9.97 Å². The first-order chi connectivity index (χ1) is 20.0. The van der Waals surface area contributed by atoms with Crippen LogP contribution >= 0.6 is 0 Å². The Morgan fingerprint density at radius 1 is 1.00 bits per heavy atom. The molecule has 0 bridgehead atoms. The SMILES string of the molecule is CC[C@H](O)c1nc2nn(C)cc2cc1-c1nc(-c2cccc3nn(-c4cc(C(F)(F)F)n(C)n4)cc23)c(C2CC2)n1C. The summed E-state index contributed by atoms with van der Waals surface area (Å²) < 4.78 is 46.3. The topological polar surface area (TPSA) is 104 Å². The first kappa shape index (κ1) is 26.4. The predicted octanol–water partition coefficient (Wildman–Crippen LogP) is 5.45. The number of fused-ring (bicyclic) bond motifs is 2. The third-order valence-electron chi connectivity index (χ3n) is 7.88. The van der Waals surface area contributed by atoms with Crippen LogP contribution in [0.15, 0.2) is 42.7 Å². The second-order valence-electron chi connectivity index (χ2n) is 10.9. The highest BCUT2D eigenvalue weighted by Gasteiger charge is 2.36. The number of imidazole rings is 1. The second-order valence-corrected chi connectivity index (χ2v) is 10.9. The summed E-state index contributed by atoms with van der Waals surface area (Å²) in [6.07, 6.45) is 0.799. The Morgan fingerprint density at radius 3 is 2.48 bits per heavy atom. The first-order valence-electron chi connectivity index (χ1n) is 13.7. The molecule has 0 unspecified atom stereocenters. The van der Waals surface area contributed by atoms with Gasteiger partial charge in [0.2, 0.25) is 0 Å². The predicted molar refractivity (Wildman–Crippen MR) is 150 cm³/mol. The van der Waals surface area contributed by atoms with Crippen molar-refractivity contribution in [1.29, 1.82) is 0 Å². The molecule has 1 saturated carbocycles. The summed E-state index contributed by atoms with van der Waals surface area (Å²) in [6.45, 7) is 1.90. The molecule has 1 atom stereocenters. The molecule has 5 aromatic heterocycles. The summed E-state index contributed by atoms with van der Waals surface area (Å²) in [5.41, 5.74) is 4.23. The Bertz CT molecular complexity index is 1990. The maximum absolute atomic E-state index is 13.4. The van der Waals surface area contributed by atoms with E-state index in [9.17, 15) is 18.3 Å². The van der Waals surface area contributed by atoms with Crippen molar-refractivity contribution in [2.24, 2.45) is 21.1 Å². The average Bonchev–Trinajstić information content (AvgIpc) is 3.24. The van der Waals surface area contributed by atoms with Gasteiger partial charge in [0.25, 0.3) is 0 Å². The van der Waals surface area contributed by atoms with Gasteiger partial charge in [0, 0.05) is 73.1 Å². The maximum Gasteiger partial charge on any atom is 0.433 e. The van der Waals surface area contributed by atoms with E-state index >= 15 is 0 Å². The highest BCUT2D eigenvalue weighted by molar-refractivity contribution is 5.95. The lowest BCUT2D eigenvalue weighted by Crippen LogP contribution is -2.11. The van der Waals surface area contributed by atoms with Gasteiger partial charge in [-0.05, 0) is 31.4 Å². The van der Waals surface area contributed by atoms with E-state index < -0.39 is 18.0 Å². The van der Waals surface area contributed by atoms with Gasteiger partial charge in [-0.3, -0.25) is 9.36 Å². The van der Waals surface area contributed by atoms with Gasteiger partial charge in [-0.1, -0.05) is 19.1 Å². The Hall–Kier alpha value is -4.52. The van der Waals surface area contributed by atoms with Crippen LogP contribution in [-0.2, 0) is 27.3 Å². The molecule has 0 amide bonds. The average molecular weight is 576 g/mol. The van der Waals surface area contributed by atoms with Gasteiger partial charge < -0.3 is 9.67 Å². The number of aryl methyl sites for hydroxylation is 2. The lowest BCUT2D eigenvalue weighted by atomic mass is 10.0. The van der Waals surface area contributed by atoms with Crippen LogP contribution in [0.5, 0.6) is 0 Å². The first-order valence-corrected chi connectivity index (χ1v) is 13.7. The highest BCUT2D eigenvalue weighted by atomic mass is 19.4. The summed E-state index contributed by atoms with van der Waals surface area (Å²) in [7, 11) is 5.07. The quantitative estimate of drug-likeness (QED) is 0.283. The van der Waals surface area contributed by atoms with Crippen molar-refractivity contribution in [3.8, 4) is 28.5 Å². The molecule has 7 rings (SSSR count). The van der Waals surface area contributed by atoms with Crippen LogP contribution in [-0.4, -0.2) is 49.0 Å². The van der Waals surface area contributed by atoms with E-state index in [1.54, 1.807) is 10.9 Å². The van der Waals surface area contributed by atoms with E-state index in [1.165, 1.54) is 11.7 Å². The van der Waals surface area contributed by atoms with Crippen molar-refractivity contribution >= 4 is 21.9 Å². The minimum Gasteiger partial charge on any atom is -0.387 e. The number of hydrogen-bond donors (Lipinski definition) is 1. The zero-order valence-corrected chi connectivity index (χ0v) is 23.4. The van der Waals surface area contributed by atoms with Gasteiger partial charge in [0.1, 0.15) is 11.5 Å². The molecule has 0 saturated heterocycles. The number of benzene rings is 1. The zero-order chi connectivity index (χ0) is 29.5. The normalized spacial score (nSPS) is 14.9.